The molecule has 144 valence electrons. The zero-order chi connectivity index (χ0) is 19.6. The molecule has 1 aromatic carbocycles. The predicted molar refractivity (Wildman–Crippen MR) is 103 cm³/mol. The summed E-state index contributed by atoms with van der Waals surface area (Å²) in [4.78, 5) is 37.4. The van der Waals surface area contributed by atoms with E-state index >= 15 is 0 Å². The Morgan fingerprint density at radius 3 is 2.04 bits per heavy atom. The molecular formula is C22H27NO4. The van der Waals surface area contributed by atoms with E-state index in [-0.39, 0.29) is 11.6 Å². The number of carbonyl (C=O) groups excluding carboxylic acids is 3. The number of nitrogens with one attached hydrogen (secondary N) is 1. The van der Waals surface area contributed by atoms with Gasteiger partial charge in [0.1, 0.15) is 5.60 Å². The van der Waals surface area contributed by atoms with E-state index in [4.69, 9.17) is 4.74 Å². The molecule has 0 radical (unpaired) electrons. The molecule has 0 bridgehead atoms. The normalized spacial score (nSPS) is 17.9. The molecule has 0 fully saturated rings. The number of carbonyl (C=O) groups is 3. The van der Waals surface area contributed by atoms with Crippen LogP contribution in [0, 0.1) is 5.92 Å². The van der Waals surface area contributed by atoms with Crippen molar-refractivity contribution in [2.24, 2.45) is 5.92 Å². The molecule has 0 unspecified atom stereocenters. The average molecular weight is 369 g/mol. The van der Waals surface area contributed by atoms with E-state index in [2.05, 4.69) is 5.32 Å². The van der Waals surface area contributed by atoms with Crippen LogP contribution in [0.1, 0.15) is 73.6 Å². The molecule has 3 rings (SSSR count). The highest BCUT2D eigenvalue weighted by Gasteiger charge is 2.33. The number of benzene rings is 1. The Balaban J connectivity index is 1.58. The largest absolute Gasteiger partial charge is 0.444 e. The Hall–Kier alpha value is -2.43. The summed E-state index contributed by atoms with van der Waals surface area (Å²) in [6.45, 7) is 6.03. The standard InChI is InChI=1S/C22H27NO4/c1-22(2,3)27-21(26)23-13-12-14-8-10-17-18(11-9-14)20(25)16-7-5-4-6-15(16)19(17)24/h4-7,14H,8-13H2,1-3H3,(H,23,26). The van der Waals surface area contributed by atoms with Crippen molar-refractivity contribution in [2.75, 3.05) is 6.54 Å². The van der Waals surface area contributed by atoms with E-state index in [1.807, 2.05) is 20.8 Å². The molecule has 27 heavy (non-hydrogen) atoms. The van der Waals surface area contributed by atoms with Crippen molar-refractivity contribution in [3.05, 3.63) is 46.5 Å². The summed E-state index contributed by atoms with van der Waals surface area (Å²) in [6.07, 6.45) is 3.38. The van der Waals surface area contributed by atoms with Crippen LogP contribution in [0.25, 0.3) is 0 Å². The highest BCUT2D eigenvalue weighted by Crippen LogP contribution is 2.36. The van der Waals surface area contributed by atoms with Crippen LogP contribution < -0.4 is 5.32 Å². The maximum Gasteiger partial charge on any atom is 0.407 e. The van der Waals surface area contributed by atoms with Crippen LogP contribution in [0.4, 0.5) is 4.79 Å². The molecule has 0 heterocycles. The van der Waals surface area contributed by atoms with Crippen molar-refractivity contribution < 1.29 is 19.1 Å². The summed E-state index contributed by atoms with van der Waals surface area (Å²) in [5, 5.41) is 2.79. The monoisotopic (exact) mass is 369 g/mol. The van der Waals surface area contributed by atoms with E-state index in [9.17, 15) is 14.4 Å². The maximum atomic E-state index is 12.8. The van der Waals surface area contributed by atoms with Crippen LogP contribution in [-0.2, 0) is 4.74 Å². The maximum absolute atomic E-state index is 12.8. The molecule has 2 aliphatic rings. The summed E-state index contributed by atoms with van der Waals surface area (Å²) in [7, 11) is 0. The SMILES string of the molecule is CC(C)(C)OC(=O)NCCC1CCC2=C(CC1)C(=O)c1ccccc1C2=O. The number of hydrogen-bond acceptors (Lipinski definition) is 4. The number of rotatable bonds is 3. The van der Waals surface area contributed by atoms with Gasteiger partial charge in [0.2, 0.25) is 0 Å². The van der Waals surface area contributed by atoms with Gasteiger partial charge in [-0.25, -0.2) is 4.79 Å². The number of amides is 1. The van der Waals surface area contributed by atoms with Gasteiger partial charge in [0.15, 0.2) is 11.6 Å². The molecule has 0 saturated carbocycles. The van der Waals surface area contributed by atoms with Crippen LogP contribution in [0.2, 0.25) is 0 Å². The summed E-state index contributed by atoms with van der Waals surface area (Å²) in [6, 6.07) is 7.09. The lowest BCUT2D eigenvalue weighted by atomic mass is 9.82. The van der Waals surface area contributed by atoms with Gasteiger partial charge in [-0.1, -0.05) is 24.3 Å². The minimum absolute atomic E-state index is 0.00716. The Labute approximate surface area is 160 Å². The van der Waals surface area contributed by atoms with Crippen molar-refractivity contribution in [3.63, 3.8) is 0 Å². The van der Waals surface area contributed by atoms with Gasteiger partial charge in [-0.05, 0) is 58.8 Å². The molecule has 1 amide bonds. The lowest BCUT2D eigenvalue weighted by Crippen LogP contribution is -2.33. The second-order valence-corrected chi connectivity index (χ2v) is 8.32. The lowest BCUT2D eigenvalue weighted by molar-refractivity contribution is 0.0524. The van der Waals surface area contributed by atoms with E-state index < -0.39 is 11.7 Å². The molecule has 0 saturated heterocycles. The summed E-state index contributed by atoms with van der Waals surface area (Å²) in [5.41, 5.74) is 1.95. The second-order valence-electron chi connectivity index (χ2n) is 8.32. The highest BCUT2D eigenvalue weighted by atomic mass is 16.6. The fourth-order valence-electron chi connectivity index (χ4n) is 3.83. The number of Topliss-reactive ketones (excluding diaryl/α,β-unsaturated/α-hetero) is 2. The van der Waals surface area contributed by atoms with Crippen molar-refractivity contribution in [2.45, 2.75) is 58.5 Å². The number of fused-ring (bicyclic) bond motifs is 1. The third-order valence-electron chi connectivity index (χ3n) is 5.15. The van der Waals surface area contributed by atoms with Gasteiger partial charge in [0, 0.05) is 28.8 Å². The quantitative estimate of drug-likeness (QED) is 0.853. The molecule has 5 nitrogen and oxygen atoms in total. The fourth-order valence-corrected chi connectivity index (χ4v) is 3.83. The van der Waals surface area contributed by atoms with Crippen LogP contribution in [0.3, 0.4) is 0 Å². The van der Waals surface area contributed by atoms with Crippen molar-refractivity contribution >= 4 is 17.7 Å². The van der Waals surface area contributed by atoms with Gasteiger partial charge >= 0.3 is 6.09 Å². The van der Waals surface area contributed by atoms with Gasteiger partial charge < -0.3 is 10.1 Å². The molecule has 0 aromatic heterocycles. The Morgan fingerprint density at radius 1 is 1.04 bits per heavy atom. The van der Waals surface area contributed by atoms with Gasteiger partial charge in [-0.3, -0.25) is 9.59 Å². The Morgan fingerprint density at radius 2 is 1.56 bits per heavy atom. The number of alkyl carbamates (subject to hydrolysis) is 1. The summed E-state index contributed by atoms with van der Waals surface area (Å²) < 4.78 is 5.25. The minimum atomic E-state index is -0.509. The predicted octanol–water partition coefficient (Wildman–Crippen LogP) is 4.47. The van der Waals surface area contributed by atoms with Gasteiger partial charge in [0.25, 0.3) is 0 Å². The number of hydrogen-bond donors (Lipinski definition) is 1. The molecule has 0 spiro atoms. The number of ether oxygens (including phenoxy) is 1. The minimum Gasteiger partial charge on any atom is -0.444 e. The smallest absolute Gasteiger partial charge is 0.407 e. The number of ketones is 2. The van der Waals surface area contributed by atoms with Gasteiger partial charge in [-0.2, -0.15) is 0 Å². The van der Waals surface area contributed by atoms with Crippen LogP contribution >= 0.6 is 0 Å². The van der Waals surface area contributed by atoms with Gasteiger partial charge in [0.05, 0.1) is 0 Å². The van der Waals surface area contributed by atoms with E-state index in [0.717, 1.165) is 19.3 Å². The molecule has 1 N–H and O–H groups in total. The Kier molecular flexibility index (Phi) is 5.49. The third kappa shape index (κ3) is 4.46. The first-order valence-corrected chi connectivity index (χ1v) is 9.63. The molecule has 2 aliphatic carbocycles. The average Bonchev–Trinajstić information content (AvgIpc) is 2.81. The zero-order valence-corrected chi connectivity index (χ0v) is 16.3. The lowest BCUT2D eigenvalue weighted by Gasteiger charge is -2.20. The number of allylic oxidation sites excluding steroid dienone is 2. The van der Waals surface area contributed by atoms with Gasteiger partial charge in [-0.15, -0.1) is 0 Å². The topological polar surface area (TPSA) is 72.5 Å². The van der Waals surface area contributed by atoms with Crippen molar-refractivity contribution in [1.29, 1.82) is 0 Å². The third-order valence-corrected chi connectivity index (χ3v) is 5.15. The van der Waals surface area contributed by atoms with E-state index in [0.29, 0.717) is 47.6 Å². The summed E-state index contributed by atoms with van der Waals surface area (Å²) >= 11 is 0. The van der Waals surface area contributed by atoms with Crippen LogP contribution in [0.15, 0.2) is 35.4 Å². The van der Waals surface area contributed by atoms with Crippen molar-refractivity contribution in [3.8, 4) is 0 Å². The van der Waals surface area contributed by atoms with E-state index in [1.54, 1.807) is 24.3 Å². The van der Waals surface area contributed by atoms with Crippen LogP contribution in [-0.4, -0.2) is 29.8 Å². The second kappa shape index (κ2) is 7.67. The first-order valence-electron chi connectivity index (χ1n) is 9.63. The van der Waals surface area contributed by atoms with Crippen molar-refractivity contribution in [1.82, 2.24) is 5.32 Å². The molecule has 5 heteroatoms. The molecule has 1 aromatic rings. The Bertz CT molecular complexity index is 752. The molecule has 0 atom stereocenters. The summed E-state index contributed by atoms with van der Waals surface area (Å²) in [5.74, 6) is 0.384. The molecular weight excluding hydrogens is 342 g/mol. The van der Waals surface area contributed by atoms with Crippen LogP contribution in [0.5, 0.6) is 0 Å². The van der Waals surface area contributed by atoms with E-state index in [1.165, 1.54) is 0 Å². The highest BCUT2D eigenvalue weighted by molar-refractivity contribution is 6.26. The zero-order valence-electron chi connectivity index (χ0n) is 16.3. The first kappa shape index (κ1) is 19.3. The first-order chi connectivity index (χ1) is 12.8. The molecule has 0 aliphatic heterocycles. The fraction of sp³-hybridized carbons (Fsp3) is 0.500.